The zero-order valence-electron chi connectivity index (χ0n) is 12.4. The van der Waals surface area contributed by atoms with Gasteiger partial charge in [-0.1, -0.05) is 23.2 Å². The Morgan fingerprint density at radius 3 is 2.43 bits per heavy atom. The average Bonchev–Trinajstić information content (AvgIpc) is 2.81. The van der Waals surface area contributed by atoms with Gasteiger partial charge in [-0.3, -0.25) is 4.90 Å². The number of halogens is 2. The summed E-state index contributed by atoms with van der Waals surface area (Å²) in [6.45, 7) is 10.9. The average molecular weight is 345 g/mol. The first kappa shape index (κ1) is 15.3. The van der Waals surface area contributed by atoms with Crippen molar-refractivity contribution in [1.29, 1.82) is 0 Å². The summed E-state index contributed by atoms with van der Waals surface area (Å²) in [7, 11) is 0. The van der Waals surface area contributed by atoms with E-state index in [0.29, 0.717) is 15.8 Å². The van der Waals surface area contributed by atoms with Crippen molar-refractivity contribution in [2.24, 2.45) is 0 Å². The zero-order chi connectivity index (χ0) is 15.2. The van der Waals surface area contributed by atoms with Crippen LogP contribution in [0.4, 0.5) is 5.00 Å². The fourth-order valence-electron chi connectivity index (χ4n) is 2.63. The van der Waals surface area contributed by atoms with Gasteiger partial charge in [-0.15, -0.1) is 0 Å². The molecule has 1 fully saturated rings. The van der Waals surface area contributed by atoms with Crippen LogP contribution in [0, 0.1) is 0 Å². The minimum Gasteiger partial charge on any atom is -0.359 e. The van der Waals surface area contributed by atoms with Crippen molar-refractivity contribution < 1.29 is 0 Å². The van der Waals surface area contributed by atoms with E-state index < -0.39 is 0 Å². The van der Waals surface area contributed by atoms with Crippen LogP contribution in [0.15, 0.2) is 6.07 Å². The highest BCUT2D eigenvalue weighted by molar-refractivity contribution is 7.11. The molecule has 4 nitrogen and oxygen atoms in total. The van der Waals surface area contributed by atoms with Gasteiger partial charge in [-0.05, 0) is 38.4 Å². The lowest BCUT2D eigenvalue weighted by Crippen LogP contribution is -2.53. The third-order valence-corrected chi connectivity index (χ3v) is 5.47. The van der Waals surface area contributed by atoms with Crippen LogP contribution in [0.5, 0.6) is 0 Å². The van der Waals surface area contributed by atoms with E-state index in [4.69, 9.17) is 23.2 Å². The van der Waals surface area contributed by atoms with Gasteiger partial charge in [-0.2, -0.15) is 4.37 Å². The first-order valence-electron chi connectivity index (χ1n) is 6.97. The van der Waals surface area contributed by atoms with Gasteiger partial charge in [0.05, 0.1) is 10.4 Å². The van der Waals surface area contributed by atoms with Crippen LogP contribution in [0.25, 0.3) is 11.0 Å². The lowest BCUT2D eigenvalue weighted by molar-refractivity contribution is 0.129. The van der Waals surface area contributed by atoms with Crippen molar-refractivity contribution in [2.75, 3.05) is 31.1 Å². The van der Waals surface area contributed by atoms with Crippen molar-refractivity contribution in [2.45, 2.75) is 26.3 Å². The molecule has 0 unspecified atom stereocenters. The van der Waals surface area contributed by atoms with Gasteiger partial charge in [0, 0.05) is 31.7 Å². The second-order valence-electron chi connectivity index (χ2n) is 6.26. The SMILES string of the molecule is CC(C)(C)N1CCN(c2snc3nc(Cl)c(Cl)cc23)CC1. The van der Waals surface area contributed by atoms with E-state index in [0.717, 1.165) is 36.6 Å². The number of nitrogens with zero attached hydrogens (tertiary/aromatic N) is 4. The highest BCUT2D eigenvalue weighted by atomic mass is 35.5. The number of fused-ring (bicyclic) bond motifs is 1. The number of aromatic nitrogens is 2. The fourth-order valence-corrected chi connectivity index (χ4v) is 3.77. The quantitative estimate of drug-likeness (QED) is 0.734. The van der Waals surface area contributed by atoms with Crippen LogP contribution < -0.4 is 4.90 Å². The Morgan fingerprint density at radius 1 is 1.14 bits per heavy atom. The number of anilines is 1. The Labute approximate surface area is 138 Å². The number of rotatable bonds is 1. The molecule has 114 valence electrons. The van der Waals surface area contributed by atoms with Crippen molar-refractivity contribution in [3.8, 4) is 0 Å². The van der Waals surface area contributed by atoms with Crippen molar-refractivity contribution in [1.82, 2.24) is 14.3 Å². The standard InChI is InChI=1S/C14H18Cl2N4S/c1-14(2,3)20-6-4-19(5-7-20)13-9-8-10(15)11(16)17-12(9)18-21-13/h8H,4-7H2,1-3H3. The molecular weight excluding hydrogens is 327 g/mol. The molecule has 0 saturated carbocycles. The largest absolute Gasteiger partial charge is 0.359 e. The van der Waals surface area contributed by atoms with E-state index in [9.17, 15) is 0 Å². The fraction of sp³-hybridized carbons (Fsp3) is 0.571. The van der Waals surface area contributed by atoms with Crippen LogP contribution >= 0.6 is 34.7 Å². The number of piperazine rings is 1. The van der Waals surface area contributed by atoms with Crippen molar-refractivity contribution >= 4 is 50.8 Å². The van der Waals surface area contributed by atoms with Crippen molar-refractivity contribution in [3.63, 3.8) is 0 Å². The summed E-state index contributed by atoms with van der Waals surface area (Å²) in [5.41, 5.74) is 0.905. The van der Waals surface area contributed by atoms with Crippen LogP contribution in [-0.2, 0) is 0 Å². The van der Waals surface area contributed by atoms with Gasteiger partial charge < -0.3 is 4.90 Å². The molecule has 0 radical (unpaired) electrons. The van der Waals surface area contributed by atoms with Crippen molar-refractivity contribution in [3.05, 3.63) is 16.2 Å². The van der Waals surface area contributed by atoms with Crippen LogP contribution in [0.2, 0.25) is 10.2 Å². The maximum absolute atomic E-state index is 6.09. The molecule has 3 rings (SSSR count). The molecule has 0 aliphatic carbocycles. The highest BCUT2D eigenvalue weighted by Gasteiger charge is 2.27. The van der Waals surface area contributed by atoms with E-state index in [1.165, 1.54) is 11.5 Å². The van der Waals surface area contributed by atoms with Gasteiger partial charge in [0.15, 0.2) is 5.65 Å². The molecule has 0 aromatic carbocycles. The number of pyridine rings is 1. The monoisotopic (exact) mass is 344 g/mol. The Balaban J connectivity index is 1.84. The summed E-state index contributed by atoms with van der Waals surface area (Å²) in [5, 5.41) is 2.95. The minimum absolute atomic E-state index is 0.222. The molecule has 7 heteroatoms. The predicted molar refractivity (Wildman–Crippen MR) is 91.0 cm³/mol. The Hall–Kier alpha value is -0.620. The van der Waals surface area contributed by atoms with E-state index in [-0.39, 0.29) is 5.54 Å². The Morgan fingerprint density at radius 2 is 1.81 bits per heavy atom. The lowest BCUT2D eigenvalue weighted by Gasteiger charge is -2.42. The minimum atomic E-state index is 0.222. The second-order valence-corrected chi connectivity index (χ2v) is 7.78. The smallest absolute Gasteiger partial charge is 0.176 e. The molecular formula is C14H18Cl2N4S. The highest BCUT2D eigenvalue weighted by Crippen LogP contribution is 2.35. The predicted octanol–water partition coefficient (Wildman–Crippen LogP) is 3.92. The molecule has 0 N–H and O–H groups in total. The molecule has 0 bridgehead atoms. The molecule has 0 atom stereocenters. The molecule has 21 heavy (non-hydrogen) atoms. The third-order valence-electron chi connectivity index (χ3n) is 3.88. The normalized spacial score (nSPS) is 17.7. The number of hydrogen-bond donors (Lipinski definition) is 0. The summed E-state index contributed by atoms with van der Waals surface area (Å²) in [6, 6.07) is 1.88. The summed E-state index contributed by atoms with van der Waals surface area (Å²) >= 11 is 13.5. The first-order valence-corrected chi connectivity index (χ1v) is 8.50. The van der Waals surface area contributed by atoms with Crippen LogP contribution in [-0.4, -0.2) is 46.0 Å². The van der Waals surface area contributed by atoms with Gasteiger partial charge in [-0.25, -0.2) is 4.98 Å². The number of hydrogen-bond acceptors (Lipinski definition) is 5. The Bertz CT molecular complexity index is 657. The molecule has 2 aromatic rings. The molecule has 0 spiro atoms. The van der Waals surface area contributed by atoms with Crippen LogP contribution in [0.3, 0.4) is 0 Å². The molecule has 1 saturated heterocycles. The molecule has 3 heterocycles. The Kier molecular flexibility index (Phi) is 4.03. The molecule has 0 amide bonds. The van der Waals surface area contributed by atoms with E-state index in [2.05, 4.69) is 39.9 Å². The van der Waals surface area contributed by atoms with Gasteiger partial charge >= 0.3 is 0 Å². The summed E-state index contributed by atoms with van der Waals surface area (Å²) in [6.07, 6.45) is 0. The zero-order valence-corrected chi connectivity index (χ0v) is 14.7. The van der Waals surface area contributed by atoms with E-state index in [1.54, 1.807) is 0 Å². The summed E-state index contributed by atoms with van der Waals surface area (Å²) in [5.74, 6) is 0. The molecule has 2 aromatic heterocycles. The third kappa shape index (κ3) is 2.97. The topological polar surface area (TPSA) is 32.3 Å². The van der Waals surface area contributed by atoms with E-state index in [1.807, 2.05) is 6.07 Å². The lowest BCUT2D eigenvalue weighted by atomic mass is 10.1. The maximum atomic E-state index is 6.09. The molecule has 1 aliphatic rings. The summed E-state index contributed by atoms with van der Waals surface area (Å²) in [4.78, 5) is 9.12. The van der Waals surface area contributed by atoms with Gasteiger partial charge in [0.1, 0.15) is 10.2 Å². The molecule has 1 aliphatic heterocycles. The first-order chi connectivity index (χ1) is 9.86. The summed E-state index contributed by atoms with van der Waals surface area (Å²) < 4.78 is 4.40. The second kappa shape index (κ2) is 5.54. The van der Waals surface area contributed by atoms with Gasteiger partial charge in [0.2, 0.25) is 0 Å². The van der Waals surface area contributed by atoms with Crippen LogP contribution in [0.1, 0.15) is 20.8 Å². The van der Waals surface area contributed by atoms with Gasteiger partial charge in [0.25, 0.3) is 0 Å². The van der Waals surface area contributed by atoms with E-state index >= 15 is 0 Å². The maximum Gasteiger partial charge on any atom is 0.176 e.